The maximum atomic E-state index is 12.4. The van der Waals surface area contributed by atoms with Crippen molar-refractivity contribution >= 4 is 5.91 Å². The van der Waals surface area contributed by atoms with E-state index in [0.717, 1.165) is 17.7 Å². The summed E-state index contributed by atoms with van der Waals surface area (Å²) >= 11 is 0. The number of aromatic amines is 1. The van der Waals surface area contributed by atoms with Crippen LogP contribution in [0.1, 0.15) is 21.5 Å². The largest absolute Gasteiger partial charge is 0.416 e. The van der Waals surface area contributed by atoms with E-state index in [9.17, 15) is 18.0 Å². The number of rotatable bonds is 4. The molecule has 0 aliphatic rings. The van der Waals surface area contributed by atoms with E-state index in [1.165, 1.54) is 12.1 Å². The number of hydrogen-bond donors (Lipinski definition) is 2. The molecule has 1 aromatic carbocycles. The lowest BCUT2D eigenvalue weighted by Crippen LogP contribution is -2.25. The number of carbonyl (C=O) groups excluding carboxylic acids is 1. The molecule has 106 valence electrons. The van der Waals surface area contributed by atoms with Gasteiger partial charge in [0.1, 0.15) is 0 Å². The van der Waals surface area contributed by atoms with Crippen molar-refractivity contribution in [2.24, 2.45) is 0 Å². The minimum atomic E-state index is -4.39. The van der Waals surface area contributed by atoms with Crippen LogP contribution in [0.2, 0.25) is 0 Å². The highest BCUT2D eigenvalue weighted by molar-refractivity contribution is 5.94. The number of carbonyl (C=O) groups is 1. The molecule has 2 N–H and O–H groups in total. The summed E-state index contributed by atoms with van der Waals surface area (Å²) in [6.45, 7) is 0.428. The van der Waals surface area contributed by atoms with Gasteiger partial charge in [0.15, 0.2) is 0 Å². The molecule has 1 amide bonds. The van der Waals surface area contributed by atoms with Crippen LogP contribution in [-0.4, -0.2) is 17.4 Å². The van der Waals surface area contributed by atoms with Gasteiger partial charge in [-0.05, 0) is 42.3 Å². The maximum absolute atomic E-state index is 12.4. The van der Waals surface area contributed by atoms with Crippen molar-refractivity contribution in [3.8, 4) is 0 Å². The van der Waals surface area contributed by atoms with Gasteiger partial charge in [-0.25, -0.2) is 0 Å². The maximum Gasteiger partial charge on any atom is 0.416 e. The number of benzene rings is 1. The lowest BCUT2D eigenvalue weighted by molar-refractivity contribution is -0.137. The standard InChI is InChI=1S/C14H13F3N2O/c15-14(16,17)12-3-1-11(2-4-12)13(20)19-8-6-10-5-7-18-9-10/h1-5,7,9,18H,6,8H2,(H,19,20). The van der Waals surface area contributed by atoms with Crippen LogP contribution in [0.5, 0.6) is 0 Å². The Morgan fingerprint density at radius 1 is 1.15 bits per heavy atom. The van der Waals surface area contributed by atoms with E-state index >= 15 is 0 Å². The first-order chi connectivity index (χ1) is 9.47. The quantitative estimate of drug-likeness (QED) is 0.889. The SMILES string of the molecule is O=C(NCCc1cc[nH]c1)c1ccc(C(F)(F)F)cc1. The van der Waals surface area contributed by atoms with E-state index in [-0.39, 0.29) is 11.5 Å². The molecule has 1 heterocycles. The molecule has 0 radical (unpaired) electrons. The number of nitrogens with one attached hydrogen (secondary N) is 2. The molecule has 6 heteroatoms. The highest BCUT2D eigenvalue weighted by atomic mass is 19.4. The average Bonchev–Trinajstić information content (AvgIpc) is 2.91. The molecule has 3 nitrogen and oxygen atoms in total. The van der Waals surface area contributed by atoms with Crippen molar-refractivity contribution in [2.75, 3.05) is 6.54 Å². The molecule has 0 aliphatic heterocycles. The Kier molecular flexibility index (Phi) is 4.12. The minimum Gasteiger partial charge on any atom is -0.367 e. The third-order valence-corrected chi connectivity index (χ3v) is 2.84. The molecule has 2 rings (SSSR count). The van der Waals surface area contributed by atoms with Crippen LogP contribution in [0.15, 0.2) is 42.7 Å². The lowest BCUT2D eigenvalue weighted by Gasteiger charge is -2.08. The normalized spacial score (nSPS) is 11.3. The third-order valence-electron chi connectivity index (χ3n) is 2.84. The van der Waals surface area contributed by atoms with Gasteiger partial charge in [-0.2, -0.15) is 13.2 Å². The smallest absolute Gasteiger partial charge is 0.367 e. The second-order valence-electron chi connectivity index (χ2n) is 4.30. The zero-order valence-electron chi connectivity index (χ0n) is 10.5. The molecule has 0 aliphatic carbocycles. The minimum absolute atomic E-state index is 0.215. The first kappa shape index (κ1) is 14.2. The van der Waals surface area contributed by atoms with Crippen molar-refractivity contribution in [2.45, 2.75) is 12.6 Å². The van der Waals surface area contributed by atoms with Crippen LogP contribution in [0.3, 0.4) is 0 Å². The van der Waals surface area contributed by atoms with E-state index < -0.39 is 11.7 Å². The van der Waals surface area contributed by atoms with Crippen molar-refractivity contribution < 1.29 is 18.0 Å². The van der Waals surface area contributed by atoms with Gasteiger partial charge in [0.25, 0.3) is 5.91 Å². The Morgan fingerprint density at radius 2 is 1.85 bits per heavy atom. The summed E-state index contributed by atoms with van der Waals surface area (Å²) in [5.41, 5.74) is 0.506. The number of amides is 1. The Bertz CT molecular complexity index is 559. The number of H-pyrrole nitrogens is 1. The fourth-order valence-electron chi connectivity index (χ4n) is 1.75. The first-order valence-corrected chi connectivity index (χ1v) is 6.04. The molecule has 0 unspecified atom stereocenters. The van der Waals surface area contributed by atoms with E-state index in [1.54, 1.807) is 6.20 Å². The van der Waals surface area contributed by atoms with Gasteiger partial charge in [-0.1, -0.05) is 0 Å². The molecule has 0 spiro atoms. The highest BCUT2D eigenvalue weighted by Crippen LogP contribution is 2.28. The van der Waals surface area contributed by atoms with Crippen LogP contribution >= 0.6 is 0 Å². The summed E-state index contributed by atoms with van der Waals surface area (Å²) in [4.78, 5) is 14.6. The summed E-state index contributed by atoms with van der Waals surface area (Å²) in [6.07, 6.45) is -0.115. The number of alkyl halides is 3. The second-order valence-corrected chi connectivity index (χ2v) is 4.30. The molecule has 0 fully saturated rings. The number of halogens is 3. The van der Waals surface area contributed by atoms with Crippen molar-refractivity contribution in [1.82, 2.24) is 10.3 Å². The summed E-state index contributed by atoms with van der Waals surface area (Å²) < 4.78 is 37.1. The number of aromatic nitrogens is 1. The van der Waals surface area contributed by atoms with Gasteiger partial charge in [0, 0.05) is 24.5 Å². The van der Waals surface area contributed by atoms with Gasteiger partial charge in [-0.15, -0.1) is 0 Å². The fourth-order valence-corrected chi connectivity index (χ4v) is 1.75. The molecule has 20 heavy (non-hydrogen) atoms. The summed E-state index contributed by atoms with van der Waals surface area (Å²) in [5, 5.41) is 2.66. The van der Waals surface area contributed by atoms with Crippen molar-refractivity contribution in [1.29, 1.82) is 0 Å². The highest BCUT2D eigenvalue weighted by Gasteiger charge is 2.30. The molecule has 0 atom stereocenters. The monoisotopic (exact) mass is 282 g/mol. The molecule has 1 aromatic heterocycles. The molecular weight excluding hydrogens is 269 g/mol. The predicted octanol–water partition coefficient (Wildman–Crippen LogP) is 3.01. The molecular formula is C14H13F3N2O. The Labute approximate surface area is 113 Å². The second kappa shape index (κ2) is 5.81. The van der Waals surface area contributed by atoms with Gasteiger partial charge in [0.2, 0.25) is 0 Å². The molecule has 2 aromatic rings. The van der Waals surface area contributed by atoms with E-state index in [2.05, 4.69) is 10.3 Å². The molecule has 0 bridgehead atoms. The zero-order valence-corrected chi connectivity index (χ0v) is 10.5. The van der Waals surface area contributed by atoms with Gasteiger partial charge in [0.05, 0.1) is 5.56 Å². The summed E-state index contributed by atoms with van der Waals surface area (Å²) in [7, 11) is 0. The van der Waals surface area contributed by atoms with Crippen LogP contribution in [-0.2, 0) is 12.6 Å². The Morgan fingerprint density at radius 3 is 2.40 bits per heavy atom. The Hall–Kier alpha value is -2.24. The topological polar surface area (TPSA) is 44.9 Å². The number of hydrogen-bond acceptors (Lipinski definition) is 1. The Balaban J connectivity index is 1.89. The van der Waals surface area contributed by atoms with Gasteiger partial charge < -0.3 is 10.3 Å². The summed E-state index contributed by atoms with van der Waals surface area (Å²) in [6, 6.07) is 6.05. The van der Waals surface area contributed by atoms with Crippen LogP contribution < -0.4 is 5.32 Å². The third kappa shape index (κ3) is 3.63. The first-order valence-electron chi connectivity index (χ1n) is 6.04. The van der Waals surface area contributed by atoms with Gasteiger partial charge >= 0.3 is 6.18 Å². The predicted molar refractivity (Wildman–Crippen MR) is 68.3 cm³/mol. The van der Waals surface area contributed by atoms with E-state index in [1.807, 2.05) is 12.3 Å². The summed E-state index contributed by atoms with van der Waals surface area (Å²) in [5.74, 6) is -0.380. The van der Waals surface area contributed by atoms with Crippen molar-refractivity contribution in [3.63, 3.8) is 0 Å². The average molecular weight is 282 g/mol. The zero-order chi connectivity index (χ0) is 14.6. The van der Waals surface area contributed by atoms with Crippen LogP contribution in [0, 0.1) is 0 Å². The van der Waals surface area contributed by atoms with Crippen LogP contribution in [0.4, 0.5) is 13.2 Å². The van der Waals surface area contributed by atoms with Gasteiger partial charge in [-0.3, -0.25) is 4.79 Å². The fraction of sp³-hybridized carbons (Fsp3) is 0.214. The van der Waals surface area contributed by atoms with E-state index in [0.29, 0.717) is 13.0 Å². The van der Waals surface area contributed by atoms with Crippen molar-refractivity contribution in [3.05, 3.63) is 59.4 Å². The van der Waals surface area contributed by atoms with Crippen LogP contribution in [0.25, 0.3) is 0 Å². The lowest BCUT2D eigenvalue weighted by atomic mass is 10.1. The molecule has 0 saturated heterocycles. The molecule has 0 saturated carbocycles. The van der Waals surface area contributed by atoms with E-state index in [4.69, 9.17) is 0 Å².